The summed E-state index contributed by atoms with van der Waals surface area (Å²) in [4.78, 5) is 13.0. The smallest absolute Gasteiger partial charge is 0.195 e. The summed E-state index contributed by atoms with van der Waals surface area (Å²) in [5.41, 5.74) is 1.77. The number of ketones is 1. The molecule has 1 aliphatic rings. The van der Waals surface area contributed by atoms with Crippen molar-refractivity contribution in [3.63, 3.8) is 0 Å². The Morgan fingerprint density at radius 2 is 1.50 bits per heavy atom. The fourth-order valence-electron chi connectivity index (χ4n) is 4.26. The highest BCUT2D eigenvalue weighted by Crippen LogP contribution is 2.44. The number of hydrogen-bond donors (Lipinski definition) is 1. The van der Waals surface area contributed by atoms with Crippen LogP contribution in [-0.2, 0) is 12.0 Å². The summed E-state index contributed by atoms with van der Waals surface area (Å²) in [6, 6.07) is 26.9. The van der Waals surface area contributed by atoms with Gasteiger partial charge in [0.2, 0.25) is 0 Å². The van der Waals surface area contributed by atoms with Gasteiger partial charge in [-0.3, -0.25) is 4.79 Å². The second-order valence-electron chi connectivity index (χ2n) is 7.26. The highest BCUT2D eigenvalue weighted by Gasteiger charge is 2.43. The predicted octanol–water partition coefficient (Wildman–Crippen LogP) is 5.52. The lowest BCUT2D eigenvalue weighted by atomic mass is 9.71. The predicted molar refractivity (Wildman–Crippen MR) is 112 cm³/mol. The van der Waals surface area contributed by atoms with E-state index in [9.17, 15) is 9.90 Å². The van der Waals surface area contributed by atoms with Gasteiger partial charge in [-0.15, -0.1) is 0 Å². The van der Waals surface area contributed by atoms with Gasteiger partial charge in [-0.25, -0.2) is 0 Å². The Balaban J connectivity index is 1.72. The van der Waals surface area contributed by atoms with Gasteiger partial charge < -0.3 is 5.11 Å². The molecule has 0 fully saturated rings. The largest absolute Gasteiger partial charge is 0.380 e. The van der Waals surface area contributed by atoms with Gasteiger partial charge in [0, 0.05) is 23.1 Å². The molecule has 0 saturated heterocycles. The highest BCUT2D eigenvalue weighted by atomic mass is 35.5. The van der Waals surface area contributed by atoms with Crippen molar-refractivity contribution in [1.29, 1.82) is 0 Å². The first-order valence-electron chi connectivity index (χ1n) is 9.21. The first-order valence-corrected chi connectivity index (χ1v) is 9.59. The zero-order valence-electron chi connectivity index (χ0n) is 15.0. The molecule has 4 aromatic rings. The summed E-state index contributed by atoms with van der Waals surface area (Å²) in [5, 5.41) is 14.6. The Morgan fingerprint density at radius 3 is 2.36 bits per heavy atom. The lowest BCUT2D eigenvalue weighted by Crippen LogP contribution is -2.37. The minimum atomic E-state index is -1.33. The summed E-state index contributed by atoms with van der Waals surface area (Å²) in [6.07, 6.45) is 0.357. The molecule has 1 aliphatic carbocycles. The number of halogens is 1. The third-order valence-electron chi connectivity index (χ3n) is 5.58. The fourth-order valence-corrected chi connectivity index (χ4v) is 4.52. The molecule has 28 heavy (non-hydrogen) atoms. The molecule has 0 heterocycles. The van der Waals surface area contributed by atoms with Crippen molar-refractivity contribution in [1.82, 2.24) is 0 Å². The van der Waals surface area contributed by atoms with Crippen molar-refractivity contribution in [2.45, 2.75) is 12.0 Å². The number of aliphatic hydroxyl groups is 1. The van der Waals surface area contributed by atoms with E-state index in [1.165, 1.54) is 0 Å². The van der Waals surface area contributed by atoms with Crippen LogP contribution in [0.15, 0.2) is 84.9 Å². The molecule has 3 heteroatoms. The molecule has 1 N–H and O–H groups in total. The molecule has 1 unspecified atom stereocenters. The van der Waals surface area contributed by atoms with E-state index in [1.54, 1.807) is 24.3 Å². The Kier molecular flexibility index (Phi) is 3.87. The van der Waals surface area contributed by atoms with Crippen LogP contribution in [-0.4, -0.2) is 10.9 Å². The molecule has 1 atom stereocenters. The van der Waals surface area contributed by atoms with Gasteiger partial charge in [-0.2, -0.15) is 0 Å². The molecular formula is C25H17ClO2. The maximum atomic E-state index is 13.0. The number of hydrogen-bond acceptors (Lipinski definition) is 2. The minimum absolute atomic E-state index is 0.139. The van der Waals surface area contributed by atoms with Crippen molar-refractivity contribution >= 4 is 28.2 Å². The molecule has 0 bridgehead atoms. The molecule has 0 saturated carbocycles. The van der Waals surface area contributed by atoms with Crippen LogP contribution >= 0.6 is 11.6 Å². The van der Waals surface area contributed by atoms with Crippen LogP contribution in [0.1, 0.15) is 32.6 Å². The van der Waals surface area contributed by atoms with Crippen molar-refractivity contribution < 1.29 is 9.90 Å². The van der Waals surface area contributed by atoms with Gasteiger partial charge in [0.25, 0.3) is 0 Å². The topological polar surface area (TPSA) is 37.3 Å². The fraction of sp³-hybridized carbons (Fsp3) is 0.0800. The Hall–Kier alpha value is -2.94. The summed E-state index contributed by atoms with van der Waals surface area (Å²) in [6.45, 7) is 0. The summed E-state index contributed by atoms with van der Waals surface area (Å²) in [7, 11) is 0. The number of benzene rings is 4. The lowest BCUT2D eigenvalue weighted by Gasteiger charge is -2.36. The zero-order valence-corrected chi connectivity index (χ0v) is 15.8. The molecule has 5 rings (SSSR count). The normalized spacial score (nSPS) is 18.0. The van der Waals surface area contributed by atoms with Crippen LogP contribution in [0.2, 0.25) is 5.02 Å². The minimum Gasteiger partial charge on any atom is -0.380 e. The molecule has 0 aliphatic heterocycles. The van der Waals surface area contributed by atoms with Crippen LogP contribution < -0.4 is 0 Å². The van der Waals surface area contributed by atoms with Crippen LogP contribution in [0.5, 0.6) is 0 Å². The Labute approximate surface area is 168 Å². The van der Waals surface area contributed by atoms with E-state index in [1.807, 2.05) is 36.4 Å². The second kappa shape index (κ2) is 6.30. The SMILES string of the molecule is O=C1c2ccccc2C(O)(Cc2ccc3ccccc3c2)c2cccc(Cl)c21. The van der Waals surface area contributed by atoms with Crippen molar-refractivity contribution in [2.75, 3.05) is 0 Å². The van der Waals surface area contributed by atoms with E-state index in [0.717, 1.165) is 16.3 Å². The number of carbonyl (C=O) groups is 1. The number of fused-ring (bicyclic) bond motifs is 3. The molecule has 136 valence electrons. The van der Waals surface area contributed by atoms with Gasteiger partial charge in [0.05, 0.1) is 5.02 Å². The van der Waals surface area contributed by atoms with Crippen molar-refractivity contribution in [3.05, 3.63) is 118 Å². The maximum Gasteiger partial charge on any atom is 0.195 e. The Morgan fingerprint density at radius 1 is 0.786 bits per heavy atom. The van der Waals surface area contributed by atoms with Crippen LogP contribution in [0.3, 0.4) is 0 Å². The molecular weight excluding hydrogens is 368 g/mol. The molecule has 2 nitrogen and oxygen atoms in total. The maximum absolute atomic E-state index is 13.0. The van der Waals surface area contributed by atoms with Gasteiger partial charge >= 0.3 is 0 Å². The molecule has 4 aromatic carbocycles. The summed E-state index contributed by atoms with van der Waals surface area (Å²) < 4.78 is 0. The first kappa shape index (κ1) is 17.2. The molecule has 0 aromatic heterocycles. The highest BCUT2D eigenvalue weighted by molar-refractivity contribution is 6.35. The van der Waals surface area contributed by atoms with Gasteiger partial charge in [-0.1, -0.05) is 90.5 Å². The summed E-state index contributed by atoms with van der Waals surface area (Å²) in [5.74, 6) is -0.139. The molecule has 0 amide bonds. The van der Waals surface area contributed by atoms with Crippen LogP contribution in [0.4, 0.5) is 0 Å². The zero-order chi connectivity index (χ0) is 19.3. The average molecular weight is 385 g/mol. The third-order valence-corrected chi connectivity index (χ3v) is 5.89. The van der Waals surface area contributed by atoms with E-state index in [4.69, 9.17) is 11.6 Å². The molecule has 0 radical (unpaired) electrons. The van der Waals surface area contributed by atoms with Gasteiger partial charge in [0.1, 0.15) is 5.60 Å². The van der Waals surface area contributed by atoms with Crippen LogP contribution in [0.25, 0.3) is 10.8 Å². The number of rotatable bonds is 2. The quantitative estimate of drug-likeness (QED) is 0.494. The molecule has 0 spiro atoms. The van der Waals surface area contributed by atoms with Gasteiger partial charge in [-0.05, 0) is 28.0 Å². The van der Waals surface area contributed by atoms with Crippen molar-refractivity contribution in [3.8, 4) is 0 Å². The van der Waals surface area contributed by atoms with E-state index >= 15 is 0 Å². The standard InChI is InChI=1S/C25H17ClO2/c26-22-11-5-10-21-23(22)24(27)19-8-3-4-9-20(19)25(21,28)15-16-12-13-17-6-1-2-7-18(17)14-16/h1-14,28H,15H2. The van der Waals surface area contributed by atoms with E-state index < -0.39 is 5.60 Å². The monoisotopic (exact) mass is 384 g/mol. The van der Waals surface area contributed by atoms with E-state index in [-0.39, 0.29) is 5.78 Å². The summed E-state index contributed by atoms with van der Waals surface area (Å²) >= 11 is 6.38. The third kappa shape index (κ3) is 2.50. The lowest BCUT2D eigenvalue weighted by molar-refractivity contribution is 0.0721. The first-order chi connectivity index (χ1) is 13.6. The Bertz CT molecular complexity index is 1240. The van der Waals surface area contributed by atoms with E-state index in [0.29, 0.717) is 33.7 Å². The van der Waals surface area contributed by atoms with Crippen molar-refractivity contribution in [2.24, 2.45) is 0 Å². The van der Waals surface area contributed by atoms with Crippen LogP contribution in [0, 0.1) is 0 Å². The second-order valence-corrected chi connectivity index (χ2v) is 7.66. The number of carbonyl (C=O) groups excluding carboxylic acids is 1. The van der Waals surface area contributed by atoms with E-state index in [2.05, 4.69) is 24.3 Å². The van der Waals surface area contributed by atoms with Gasteiger partial charge in [0.15, 0.2) is 5.78 Å². The average Bonchev–Trinajstić information content (AvgIpc) is 2.72.